The molecule has 1 atom stereocenters. The Morgan fingerprint density at radius 3 is 2.64 bits per heavy atom. The molecule has 25 heavy (non-hydrogen) atoms. The molecule has 2 aromatic rings. The average Bonchev–Trinajstić information content (AvgIpc) is 2.58. The van der Waals surface area contributed by atoms with E-state index in [0.717, 1.165) is 11.3 Å². The van der Waals surface area contributed by atoms with Crippen molar-refractivity contribution in [1.29, 1.82) is 0 Å². The average molecular weight is 353 g/mol. The van der Waals surface area contributed by atoms with Crippen molar-refractivity contribution in [3.05, 3.63) is 59.7 Å². The Bertz CT molecular complexity index is 834. The molecule has 1 saturated heterocycles. The van der Waals surface area contributed by atoms with Crippen molar-refractivity contribution >= 4 is 40.1 Å². The molecule has 1 aliphatic rings. The normalized spacial score (nSPS) is 18.7. The van der Waals surface area contributed by atoms with Gasteiger partial charge in [0.25, 0.3) is 0 Å². The third-order valence-corrected chi connectivity index (χ3v) is 5.01. The van der Waals surface area contributed by atoms with Gasteiger partial charge in [-0.05, 0) is 49.2 Å². The summed E-state index contributed by atoms with van der Waals surface area (Å²) in [5.41, 5.74) is 3.79. The number of aryl methyl sites for hydroxylation is 2. The second kappa shape index (κ2) is 7.53. The van der Waals surface area contributed by atoms with Crippen molar-refractivity contribution in [2.24, 2.45) is 4.99 Å². The van der Waals surface area contributed by atoms with Crippen LogP contribution in [0, 0.1) is 13.8 Å². The molecule has 0 saturated carbocycles. The van der Waals surface area contributed by atoms with E-state index in [2.05, 4.69) is 15.6 Å². The van der Waals surface area contributed by atoms with E-state index < -0.39 is 5.25 Å². The zero-order chi connectivity index (χ0) is 17.8. The van der Waals surface area contributed by atoms with Crippen LogP contribution in [-0.2, 0) is 9.59 Å². The number of carbonyl (C=O) groups is 2. The standard InChI is InChI=1S/C19H19N3O2S/c1-12-8-9-15(10-13(12)2)21-19-22-17(23)11-16(25-19)18(24)20-14-6-4-3-5-7-14/h3-10,16H,11H2,1-2H3,(H,20,24)(H,21,22,23)/t16-/m0/s1. The minimum atomic E-state index is -0.501. The second-order valence-electron chi connectivity index (χ2n) is 5.90. The summed E-state index contributed by atoms with van der Waals surface area (Å²) in [5.74, 6) is -0.395. The Hall–Kier alpha value is -2.60. The highest BCUT2D eigenvalue weighted by Crippen LogP contribution is 2.25. The van der Waals surface area contributed by atoms with Gasteiger partial charge in [-0.2, -0.15) is 0 Å². The quantitative estimate of drug-likeness (QED) is 0.886. The maximum Gasteiger partial charge on any atom is 0.238 e. The highest BCUT2D eigenvalue weighted by Gasteiger charge is 2.30. The highest BCUT2D eigenvalue weighted by molar-refractivity contribution is 8.15. The lowest BCUT2D eigenvalue weighted by molar-refractivity contribution is -0.123. The van der Waals surface area contributed by atoms with Gasteiger partial charge < -0.3 is 10.6 Å². The van der Waals surface area contributed by atoms with E-state index in [1.54, 1.807) is 0 Å². The number of carbonyl (C=O) groups excluding carboxylic acids is 2. The summed E-state index contributed by atoms with van der Waals surface area (Å²) in [6.45, 7) is 4.05. The topological polar surface area (TPSA) is 70.6 Å². The smallest absolute Gasteiger partial charge is 0.238 e. The molecule has 1 aliphatic heterocycles. The van der Waals surface area contributed by atoms with Crippen LogP contribution in [0.25, 0.3) is 0 Å². The summed E-state index contributed by atoms with van der Waals surface area (Å²) >= 11 is 1.27. The minimum absolute atomic E-state index is 0.134. The Labute approximate surface area is 150 Å². The summed E-state index contributed by atoms with van der Waals surface area (Å²) in [6.07, 6.45) is 0.134. The molecule has 6 heteroatoms. The third kappa shape index (κ3) is 4.48. The van der Waals surface area contributed by atoms with Gasteiger partial charge in [-0.1, -0.05) is 36.0 Å². The van der Waals surface area contributed by atoms with Gasteiger partial charge in [0.2, 0.25) is 11.8 Å². The Morgan fingerprint density at radius 1 is 1.16 bits per heavy atom. The van der Waals surface area contributed by atoms with Gasteiger partial charge in [0, 0.05) is 12.1 Å². The van der Waals surface area contributed by atoms with Gasteiger partial charge >= 0.3 is 0 Å². The maximum atomic E-state index is 12.4. The second-order valence-corrected chi connectivity index (χ2v) is 7.09. The Morgan fingerprint density at radius 2 is 1.92 bits per heavy atom. The molecule has 2 aromatic carbocycles. The van der Waals surface area contributed by atoms with Gasteiger partial charge in [-0.3, -0.25) is 9.59 Å². The minimum Gasteiger partial charge on any atom is -0.325 e. The fraction of sp³-hybridized carbons (Fsp3) is 0.211. The number of benzene rings is 2. The first-order chi connectivity index (χ1) is 12.0. The highest BCUT2D eigenvalue weighted by atomic mass is 32.2. The first-order valence-electron chi connectivity index (χ1n) is 7.99. The summed E-state index contributed by atoms with van der Waals surface area (Å²) in [7, 11) is 0. The number of hydrogen-bond donors (Lipinski definition) is 2. The predicted octanol–water partition coefficient (Wildman–Crippen LogP) is 3.55. The van der Waals surface area contributed by atoms with Crippen molar-refractivity contribution < 1.29 is 9.59 Å². The molecule has 5 nitrogen and oxygen atoms in total. The van der Waals surface area contributed by atoms with Crippen LogP contribution in [0.3, 0.4) is 0 Å². The number of thioether (sulfide) groups is 1. The zero-order valence-electron chi connectivity index (χ0n) is 14.1. The predicted molar refractivity (Wildman–Crippen MR) is 102 cm³/mol. The molecule has 0 spiro atoms. The van der Waals surface area contributed by atoms with Gasteiger partial charge in [0.1, 0.15) is 5.25 Å². The van der Waals surface area contributed by atoms with Crippen molar-refractivity contribution in [2.45, 2.75) is 25.5 Å². The largest absolute Gasteiger partial charge is 0.325 e. The summed E-state index contributed by atoms with van der Waals surface area (Å²) in [4.78, 5) is 28.9. The number of para-hydroxylation sites is 1. The molecule has 0 aliphatic carbocycles. The molecule has 1 heterocycles. The molecule has 3 rings (SSSR count). The van der Waals surface area contributed by atoms with Crippen molar-refractivity contribution in [3.8, 4) is 0 Å². The molecule has 1 fully saturated rings. The molecule has 0 bridgehead atoms. The Balaban J connectivity index is 1.74. The fourth-order valence-corrected chi connectivity index (χ4v) is 3.40. The van der Waals surface area contributed by atoms with Gasteiger partial charge in [-0.15, -0.1) is 0 Å². The SMILES string of the molecule is Cc1ccc(N=C2NC(=O)C[C@@H](C(=O)Nc3ccccc3)S2)cc1C. The lowest BCUT2D eigenvalue weighted by Crippen LogP contribution is -2.41. The number of rotatable bonds is 3. The number of hydrogen-bond acceptors (Lipinski definition) is 4. The number of aliphatic imine (C=N–C) groups is 1. The molecule has 2 N–H and O–H groups in total. The number of nitrogens with zero attached hydrogens (tertiary/aromatic N) is 1. The number of amides is 2. The molecule has 0 radical (unpaired) electrons. The molecule has 2 amide bonds. The first-order valence-corrected chi connectivity index (χ1v) is 8.87. The van der Waals surface area contributed by atoms with E-state index in [9.17, 15) is 9.59 Å². The van der Waals surface area contributed by atoms with Crippen molar-refractivity contribution in [2.75, 3.05) is 5.32 Å². The van der Waals surface area contributed by atoms with E-state index >= 15 is 0 Å². The van der Waals surface area contributed by atoms with E-state index in [0.29, 0.717) is 10.9 Å². The first kappa shape index (κ1) is 17.2. The van der Waals surface area contributed by atoms with Crippen LogP contribution in [0.15, 0.2) is 53.5 Å². The van der Waals surface area contributed by atoms with Crippen LogP contribution in [0.2, 0.25) is 0 Å². The van der Waals surface area contributed by atoms with Crippen LogP contribution in [0.5, 0.6) is 0 Å². The van der Waals surface area contributed by atoms with E-state index in [1.807, 2.05) is 62.4 Å². The molecular formula is C19H19N3O2S. The van der Waals surface area contributed by atoms with Crippen LogP contribution >= 0.6 is 11.8 Å². The summed E-state index contributed by atoms with van der Waals surface area (Å²) < 4.78 is 0. The summed E-state index contributed by atoms with van der Waals surface area (Å²) in [5, 5.41) is 5.53. The van der Waals surface area contributed by atoms with E-state index in [1.165, 1.54) is 17.3 Å². The van der Waals surface area contributed by atoms with Gasteiger partial charge in [0.15, 0.2) is 5.17 Å². The third-order valence-electron chi connectivity index (χ3n) is 3.93. The lowest BCUT2D eigenvalue weighted by atomic mass is 10.1. The molecular weight excluding hydrogens is 334 g/mol. The van der Waals surface area contributed by atoms with Crippen LogP contribution in [-0.4, -0.2) is 22.2 Å². The summed E-state index contributed by atoms with van der Waals surface area (Å²) in [6, 6.07) is 15.1. The molecule has 0 unspecified atom stereocenters. The van der Waals surface area contributed by atoms with Crippen LogP contribution in [0.1, 0.15) is 17.5 Å². The Kier molecular flexibility index (Phi) is 5.19. The van der Waals surface area contributed by atoms with Gasteiger partial charge in [0.05, 0.1) is 5.69 Å². The lowest BCUT2D eigenvalue weighted by Gasteiger charge is -2.22. The van der Waals surface area contributed by atoms with Gasteiger partial charge in [-0.25, -0.2) is 4.99 Å². The van der Waals surface area contributed by atoms with E-state index in [4.69, 9.17) is 0 Å². The fourth-order valence-electron chi connectivity index (χ4n) is 2.40. The number of anilines is 1. The maximum absolute atomic E-state index is 12.4. The van der Waals surface area contributed by atoms with Crippen molar-refractivity contribution in [1.82, 2.24) is 5.32 Å². The zero-order valence-corrected chi connectivity index (χ0v) is 14.9. The van der Waals surface area contributed by atoms with E-state index in [-0.39, 0.29) is 18.2 Å². The molecule has 128 valence electrons. The van der Waals surface area contributed by atoms with Crippen LogP contribution < -0.4 is 10.6 Å². The number of nitrogens with one attached hydrogen (secondary N) is 2. The molecule has 0 aromatic heterocycles. The monoisotopic (exact) mass is 353 g/mol. The van der Waals surface area contributed by atoms with Crippen molar-refractivity contribution in [3.63, 3.8) is 0 Å². The number of amidine groups is 1. The van der Waals surface area contributed by atoms with Crippen LogP contribution in [0.4, 0.5) is 11.4 Å².